The first-order chi connectivity index (χ1) is 9.70. The molecule has 0 fully saturated rings. The summed E-state index contributed by atoms with van der Waals surface area (Å²) in [5, 5.41) is 15.6. The van der Waals surface area contributed by atoms with Gasteiger partial charge in [-0.1, -0.05) is 0 Å². The number of aliphatic hydroxyl groups is 1. The second-order valence-electron chi connectivity index (χ2n) is 5.06. The van der Waals surface area contributed by atoms with Crippen LogP contribution >= 0.6 is 0 Å². The molecule has 110 valence electrons. The number of methoxy groups -OCH3 is 1. The van der Waals surface area contributed by atoms with Gasteiger partial charge in [0.15, 0.2) is 0 Å². The Morgan fingerprint density at radius 1 is 1.55 bits per heavy atom. The number of hydrogen-bond donors (Lipinski definition) is 3. The molecule has 1 amide bonds. The zero-order valence-electron chi connectivity index (χ0n) is 11.8. The van der Waals surface area contributed by atoms with Crippen molar-refractivity contribution in [3.05, 3.63) is 29.3 Å². The number of nitrogens with one attached hydrogen (secondary N) is 2. The molecule has 0 aromatic heterocycles. The monoisotopic (exact) mass is 278 g/mol. The highest BCUT2D eigenvalue weighted by molar-refractivity contribution is 5.94. The zero-order chi connectivity index (χ0) is 14.4. The summed E-state index contributed by atoms with van der Waals surface area (Å²) in [6, 6.07) is 5.74. The third-order valence-corrected chi connectivity index (χ3v) is 3.43. The fourth-order valence-corrected chi connectivity index (χ4v) is 2.35. The van der Waals surface area contributed by atoms with Gasteiger partial charge < -0.3 is 20.5 Å². The molecule has 1 unspecified atom stereocenters. The molecule has 0 saturated carbocycles. The molecule has 1 aromatic carbocycles. The number of amides is 1. The van der Waals surface area contributed by atoms with Crippen LogP contribution in [-0.2, 0) is 11.2 Å². The Morgan fingerprint density at radius 2 is 2.40 bits per heavy atom. The van der Waals surface area contributed by atoms with Gasteiger partial charge in [0.25, 0.3) is 5.91 Å². The molecule has 0 bridgehead atoms. The summed E-state index contributed by atoms with van der Waals surface area (Å²) >= 11 is 0. The molecule has 0 aliphatic carbocycles. The van der Waals surface area contributed by atoms with Crippen molar-refractivity contribution in [3.8, 4) is 0 Å². The lowest BCUT2D eigenvalue weighted by atomic mass is 10.0. The van der Waals surface area contributed by atoms with Crippen molar-refractivity contribution in [2.24, 2.45) is 0 Å². The quantitative estimate of drug-likeness (QED) is 0.730. The Morgan fingerprint density at radius 3 is 3.20 bits per heavy atom. The van der Waals surface area contributed by atoms with Gasteiger partial charge in [-0.25, -0.2) is 0 Å². The van der Waals surface area contributed by atoms with E-state index in [9.17, 15) is 9.90 Å². The number of carbonyl (C=O) groups excluding carboxylic acids is 1. The first-order valence-corrected chi connectivity index (χ1v) is 7.02. The van der Waals surface area contributed by atoms with Crippen LogP contribution in [0.25, 0.3) is 0 Å². The third-order valence-electron chi connectivity index (χ3n) is 3.43. The number of hydrogen-bond acceptors (Lipinski definition) is 4. The topological polar surface area (TPSA) is 70.6 Å². The van der Waals surface area contributed by atoms with Gasteiger partial charge in [-0.3, -0.25) is 4.79 Å². The zero-order valence-corrected chi connectivity index (χ0v) is 11.8. The Kier molecular flexibility index (Phi) is 5.38. The van der Waals surface area contributed by atoms with Crippen LogP contribution in [0.15, 0.2) is 18.2 Å². The highest BCUT2D eigenvalue weighted by Gasteiger charge is 2.12. The average Bonchev–Trinajstić information content (AvgIpc) is 2.47. The van der Waals surface area contributed by atoms with E-state index in [4.69, 9.17) is 4.74 Å². The van der Waals surface area contributed by atoms with Gasteiger partial charge in [0.1, 0.15) is 0 Å². The third kappa shape index (κ3) is 3.95. The number of benzene rings is 1. The van der Waals surface area contributed by atoms with Crippen LogP contribution in [-0.4, -0.2) is 43.9 Å². The fraction of sp³-hybridized carbons (Fsp3) is 0.533. The normalized spacial score (nSPS) is 15.1. The van der Waals surface area contributed by atoms with E-state index in [-0.39, 0.29) is 5.91 Å². The summed E-state index contributed by atoms with van der Waals surface area (Å²) in [4.78, 5) is 12.0. The molecule has 1 atom stereocenters. The maximum atomic E-state index is 12.0. The second kappa shape index (κ2) is 7.26. The van der Waals surface area contributed by atoms with Crippen molar-refractivity contribution in [2.75, 3.05) is 32.1 Å². The van der Waals surface area contributed by atoms with Crippen molar-refractivity contribution in [1.82, 2.24) is 5.32 Å². The van der Waals surface area contributed by atoms with Crippen LogP contribution < -0.4 is 10.6 Å². The first kappa shape index (κ1) is 14.8. The van der Waals surface area contributed by atoms with E-state index in [1.807, 2.05) is 18.2 Å². The van der Waals surface area contributed by atoms with Crippen LogP contribution in [0, 0.1) is 0 Å². The number of ether oxygens (including phenoxy) is 1. The summed E-state index contributed by atoms with van der Waals surface area (Å²) in [5.74, 6) is -0.0945. The lowest BCUT2D eigenvalue weighted by Gasteiger charge is -2.18. The van der Waals surface area contributed by atoms with Crippen LogP contribution in [0.1, 0.15) is 28.8 Å². The number of carbonyl (C=O) groups is 1. The van der Waals surface area contributed by atoms with Gasteiger partial charge >= 0.3 is 0 Å². The standard InChI is InChI=1S/C15H22N2O3/c1-20-10-13(18)6-8-17-15(19)12-4-5-14-11(9-12)3-2-7-16-14/h4-5,9,13,16,18H,2-3,6-8,10H2,1H3,(H,17,19). The minimum absolute atomic E-state index is 0.0945. The van der Waals surface area contributed by atoms with Gasteiger partial charge in [-0.05, 0) is 43.0 Å². The average molecular weight is 278 g/mol. The number of aryl methyl sites for hydroxylation is 1. The molecule has 3 N–H and O–H groups in total. The second-order valence-corrected chi connectivity index (χ2v) is 5.06. The minimum atomic E-state index is -0.534. The Balaban J connectivity index is 1.86. The molecule has 0 saturated heterocycles. The van der Waals surface area contributed by atoms with Crippen LogP contribution in [0.2, 0.25) is 0 Å². The summed E-state index contributed by atoms with van der Waals surface area (Å²) in [6.45, 7) is 1.73. The lowest BCUT2D eigenvalue weighted by molar-refractivity contribution is 0.0587. The van der Waals surface area contributed by atoms with Crippen LogP contribution in [0.3, 0.4) is 0 Å². The summed E-state index contributed by atoms with van der Waals surface area (Å²) < 4.78 is 4.84. The predicted octanol–water partition coefficient (Wildman–Crippen LogP) is 1.17. The molecule has 0 radical (unpaired) electrons. The van der Waals surface area contributed by atoms with Gasteiger partial charge in [-0.15, -0.1) is 0 Å². The Hall–Kier alpha value is -1.59. The molecule has 1 aliphatic rings. The van der Waals surface area contributed by atoms with E-state index in [0.717, 1.165) is 25.1 Å². The van der Waals surface area contributed by atoms with Gasteiger partial charge in [0.2, 0.25) is 0 Å². The number of aliphatic hydroxyl groups excluding tert-OH is 1. The molecule has 2 rings (SSSR count). The minimum Gasteiger partial charge on any atom is -0.391 e. The Bertz CT molecular complexity index is 462. The van der Waals surface area contributed by atoms with Crippen molar-refractivity contribution >= 4 is 11.6 Å². The molecular formula is C15H22N2O3. The number of rotatable bonds is 6. The maximum absolute atomic E-state index is 12.0. The summed E-state index contributed by atoms with van der Waals surface area (Å²) in [5.41, 5.74) is 3.00. The number of anilines is 1. The van der Waals surface area contributed by atoms with Crippen molar-refractivity contribution in [1.29, 1.82) is 0 Å². The molecule has 20 heavy (non-hydrogen) atoms. The highest BCUT2D eigenvalue weighted by atomic mass is 16.5. The molecular weight excluding hydrogens is 256 g/mol. The maximum Gasteiger partial charge on any atom is 0.251 e. The van der Waals surface area contributed by atoms with E-state index in [2.05, 4.69) is 10.6 Å². The molecule has 0 spiro atoms. The van der Waals surface area contributed by atoms with Gasteiger partial charge in [0.05, 0.1) is 12.7 Å². The number of fused-ring (bicyclic) bond motifs is 1. The van der Waals surface area contributed by atoms with Crippen LogP contribution in [0.5, 0.6) is 0 Å². The van der Waals surface area contributed by atoms with E-state index >= 15 is 0 Å². The fourth-order valence-electron chi connectivity index (χ4n) is 2.35. The van der Waals surface area contributed by atoms with E-state index < -0.39 is 6.10 Å². The van der Waals surface area contributed by atoms with Gasteiger partial charge in [-0.2, -0.15) is 0 Å². The lowest BCUT2D eigenvalue weighted by Crippen LogP contribution is -2.28. The smallest absolute Gasteiger partial charge is 0.251 e. The molecule has 1 aliphatic heterocycles. The van der Waals surface area contributed by atoms with Crippen molar-refractivity contribution < 1.29 is 14.6 Å². The van der Waals surface area contributed by atoms with Crippen molar-refractivity contribution in [2.45, 2.75) is 25.4 Å². The first-order valence-electron chi connectivity index (χ1n) is 7.02. The molecule has 1 heterocycles. The van der Waals surface area contributed by atoms with E-state index in [0.29, 0.717) is 25.1 Å². The van der Waals surface area contributed by atoms with E-state index in [1.54, 1.807) is 7.11 Å². The Labute approximate surface area is 119 Å². The van der Waals surface area contributed by atoms with Gasteiger partial charge in [0, 0.05) is 31.5 Å². The van der Waals surface area contributed by atoms with Crippen LogP contribution in [0.4, 0.5) is 5.69 Å². The molecule has 5 nitrogen and oxygen atoms in total. The molecule has 1 aromatic rings. The SMILES string of the molecule is COCC(O)CCNC(=O)c1ccc2c(c1)CCCN2. The summed E-state index contributed by atoms with van der Waals surface area (Å²) in [7, 11) is 1.54. The largest absolute Gasteiger partial charge is 0.391 e. The molecule has 5 heteroatoms. The van der Waals surface area contributed by atoms with Crippen molar-refractivity contribution in [3.63, 3.8) is 0 Å². The predicted molar refractivity (Wildman–Crippen MR) is 78.1 cm³/mol. The highest BCUT2D eigenvalue weighted by Crippen LogP contribution is 2.22. The summed E-state index contributed by atoms with van der Waals surface area (Å²) in [6.07, 6.45) is 2.07. The van der Waals surface area contributed by atoms with E-state index in [1.165, 1.54) is 5.56 Å².